The molecule has 2 rings (SSSR count). The first-order chi connectivity index (χ1) is 7.63. The van der Waals surface area contributed by atoms with Crippen LogP contribution in [0.5, 0.6) is 0 Å². The second-order valence-electron chi connectivity index (χ2n) is 3.13. The molecule has 5 heteroatoms. The number of rotatable bonds is 2. The number of benzene rings is 1. The van der Waals surface area contributed by atoms with Crippen LogP contribution in [0.3, 0.4) is 0 Å². The van der Waals surface area contributed by atoms with E-state index in [9.17, 15) is 8.78 Å². The average Bonchev–Trinajstić information content (AvgIpc) is 2.15. The molecule has 0 fully saturated rings. The van der Waals surface area contributed by atoms with E-state index in [2.05, 4.69) is 26.2 Å². The molecule has 0 aliphatic heterocycles. The van der Waals surface area contributed by atoms with Gasteiger partial charge in [-0.05, 0) is 40.2 Å². The van der Waals surface area contributed by atoms with Gasteiger partial charge in [-0.15, -0.1) is 0 Å². The topological polar surface area (TPSA) is 24.9 Å². The zero-order valence-electron chi connectivity index (χ0n) is 8.05. The number of halogens is 3. The number of anilines is 2. The second-order valence-corrected chi connectivity index (χ2v) is 3.94. The molecule has 1 N–H and O–H groups in total. The van der Waals surface area contributed by atoms with Crippen LogP contribution in [0.15, 0.2) is 41.0 Å². The number of aromatic nitrogens is 1. The summed E-state index contributed by atoms with van der Waals surface area (Å²) in [6, 6.07) is 8.46. The Hall–Kier alpha value is -1.49. The summed E-state index contributed by atoms with van der Waals surface area (Å²) in [6.45, 7) is 0. The van der Waals surface area contributed by atoms with Crippen molar-refractivity contribution in [3.63, 3.8) is 0 Å². The smallest absolute Gasteiger partial charge is 0.131 e. The Labute approximate surface area is 99.5 Å². The molecule has 0 bridgehead atoms. The van der Waals surface area contributed by atoms with Crippen LogP contribution in [0.1, 0.15) is 0 Å². The lowest BCUT2D eigenvalue weighted by Gasteiger charge is -2.05. The lowest BCUT2D eigenvalue weighted by atomic mass is 10.3. The molecule has 0 saturated carbocycles. The van der Waals surface area contributed by atoms with Crippen LogP contribution in [-0.4, -0.2) is 4.98 Å². The molecule has 82 valence electrons. The van der Waals surface area contributed by atoms with Gasteiger partial charge < -0.3 is 5.32 Å². The lowest BCUT2D eigenvalue weighted by Crippen LogP contribution is -1.94. The van der Waals surface area contributed by atoms with Gasteiger partial charge in [0.1, 0.15) is 22.1 Å². The van der Waals surface area contributed by atoms with Gasteiger partial charge >= 0.3 is 0 Å². The van der Waals surface area contributed by atoms with Crippen molar-refractivity contribution in [1.29, 1.82) is 0 Å². The minimum absolute atomic E-state index is 0.322. The van der Waals surface area contributed by atoms with E-state index in [1.807, 2.05) is 0 Å². The van der Waals surface area contributed by atoms with Gasteiger partial charge in [-0.2, -0.15) is 0 Å². The Bertz CT molecular complexity index is 497. The summed E-state index contributed by atoms with van der Waals surface area (Å²) < 4.78 is 26.4. The molecule has 2 nitrogen and oxygen atoms in total. The molecule has 0 saturated heterocycles. The van der Waals surface area contributed by atoms with Gasteiger partial charge in [-0.25, -0.2) is 13.8 Å². The minimum Gasteiger partial charge on any atom is -0.340 e. The molecule has 2 aromatic rings. The minimum atomic E-state index is -0.627. The maximum Gasteiger partial charge on any atom is 0.131 e. The molecular formula is C11H7BrF2N2. The highest BCUT2D eigenvalue weighted by Crippen LogP contribution is 2.18. The molecule has 0 aliphatic carbocycles. The number of nitrogens with one attached hydrogen (secondary N) is 1. The van der Waals surface area contributed by atoms with E-state index in [0.717, 1.165) is 6.07 Å². The quantitative estimate of drug-likeness (QED) is 0.847. The highest BCUT2D eigenvalue weighted by atomic mass is 79.9. The zero-order chi connectivity index (χ0) is 11.5. The molecule has 0 atom stereocenters. The molecule has 0 aliphatic rings. The summed E-state index contributed by atoms with van der Waals surface area (Å²) in [6.07, 6.45) is 0. The maximum absolute atomic E-state index is 12.9. The lowest BCUT2D eigenvalue weighted by molar-refractivity contribution is 0.584. The molecule has 0 amide bonds. The van der Waals surface area contributed by atoms with Crippen molar-refractivity contribution in [2.75, 3.05) is 5.32 Å². The van der Waals surface area contributed by atoms with Crippen molar-refractivity contribution in [1.82, 2.24) is 4.98 Å². The number of hydrogen-bond donors (Lipinski definition) is 1. The van der Waals surface area contributed by atoms with Crippen LogP contribution in [-0.2, 0) is 0 Å². The van der Waals surface area contributed by atoms with Crippen LogP contribution < -0.4 is 5.32 Å². The molecule has 1 aromatic carbocycles. The molecule has 1 aromatic heterocycles. The number of hydrogen-bond acceptors (Lipinski definition) is 2. The van der Waals surface area contributed by atoms with Crippen molar-refractivity contribution in [3.05, 3.63) is 52.6 Å². The Morgan fingerprint density at radius 3 is 2.38 bits per heavy atom. The third-order valence-electron chi connectivity index (χ3n) is 1.85. The van der Waals surface area contributed by atoms with Gasteiger partial charge in [0.2, 0.25) is 0 Å². The fourth-order valence-corrected chi connectivity index (χ4v) is 1.60. The summed E-state index contributed by atoms with van der Waals surface area (Å²) in [4.78, 5) is 4.09. The van der Waals surface area contributed by atoms with Crippen LogP contribution in [0.2, 0.25) is 0 Å². The maximum atomic E-state index is 12.9. The van der Waals surface area contributed by atoms with Crippen LogP contribution >= 0.6 is 15.9 Å². The van der Waals surface area contributed by atoms with Crippen molar-refractivity contribution < 1.29 is 8.78 Å². The van der Waals surface area contributed by atoms with Gasteiger partial charge in [-0.3, -0.25) is 0 Å². The van der Waals surface area contributed by atoms with Crippen molar-refractivity contribution >= 4 is 27.4 Å². The van der Waals surface area contributed by atoms with E-state index in [4.69, 9.17) is 0 Å². The van der Waals surface area contributed by atoms with E-state index >= 15 is 0 Å². The van der Waals surface area contributed by atoms with Gasteiger partial charge in [-0.1, -0.05) is 6.07 Å². The van der Waals surface area contributed by atoms with Crippen molar-refractivity contribution in [2.45, 2.75) is 0 Å². The summed E-state index contributed by atoms with van der Waals surface area (Å²) in [7, 11) is 0. The Morgan fingerprint density at radius 2 is 1.75 bits per heavy atom. The molecule has 0 spiro atoms. The molecular weight excluding hydrogens is 278 g/mol. The van der Waals surface area contributed by atoms with Gasteiger partial charge in [0, 0.05) is 11.8 Å². The van der Waals surface area contributed by atoms with Crippen molar-refractivity contribution in [3.8, 4) is 0 Å². The highest BCUT2D eigenvalue weighted by molar-refractivity contribution is 9.10. The molecule has 1 heterocycles. The predicted octanol–water partition coefficient (Wildman–Crippen LogP) is 3.87. The van der Waals surface area contributed by atoms with Crippen LogP contribution in [0.25, 0.3) is 0 Å². The number of pyridine rings is 1. The van der Waals surface area contributed by atoms with E-state index in [-0.39, 0.29) is 0 Å². The van der Waals surface area contributed by atoms with Gasteiger partial charge in [0.25, 0.3) is 0 Å². The first-order valence-electron chi connectivity index (χ1n) is 4.49. The van der Waals surface area contributed by atoms with E-state index in [1.165, 1.54) is 12.1 Å². The SMILES string of the molecule is Fc1cc(F)cc(Nc2cccc(Br)n2)c1. The van der Waals surface area contributed by atoms with Gasteiger partial charge in [0.15, 0.2) is 0 Å². The van der Waals surface area contributed by atoms with E-state index < -0.39 is 11.6 Å². The third-order valence-corrected chi connectivity index (χ3v) is 2.29. The Balaban J connectivity index is 2.27. The largest absolute Gasteiger partial charge is 0.340 e. The summed E-state index contributed by atoms with van der Waals surface area (Å²) in [5.41, 5.74) is 0.322. The molecule has 0 unspecified atom stereocenters. The predicted molar refractivity (Wildman–Crippen MR) is 61.6 cm³/mol. The third kappa shape index (κ3) is 2.76. The summed E-state index contributed by atoms with van der Waals surface area (Å²) in [5.74, 6) is -0.741. The first-order valence-corrected chi connectivity index (χ1v) is 5.28. The van der Waals surface area contributed by atoms with Crippen LogP contribution in [0, 0.1) is 11.6 Å². The second kappa shape index (κ2) is 4.57. The Morgan fingerprint density at radius 1 is 1.06 bits per heavy atom. The van der Waals surface area contributed by atoms with Crippen LogP contribution in [0.4, 0.5) is 20.3 Å². The average molecular weight is 285 g/mol. The van der Waals surface area contributed by atoms with E-state index in [1.54, 1.807) is 18.2 Å². The van der Waals surface area contributed by atoms with E-state index in [0.29, 0.717) is 16.1 Å². The highest BCUT2D eigenvalue weighted by Gasteiger charge is 2.01. The molecule has 16 heavy (non-hydrogen) atoms. The summed E-state index contributed by atoms with van der Waals surface area (Å²) >= 11 is 3.21. The zero-order valence-corrected chi connectivity index (χ0v) is 9.63. The first kappa shape index (κ1) is 11.0. The van der Waals surface area contributed by atoms with Crippen molar-refractivity contribution in [2.24, 2.45) is 0 Å². The monoisotopic (exact) mass is 284 g/mol. The summed E-state index contributed by atoms with van der Waals surface area (Å²) in [5, 5.41) is 2.81. The normalized spacial score (nSPS) is 10.2. The molecule has 0 radical (unpaired) electrons. The number of nitrogens with zero attached hydrogens (tertiary/aromatic N) is 1. The Kier molecular flexibility index (Phi) is 3.14. The fraction of sp³-hybridized carbons (Fsp3) is 0. The standard InChI is InChI=1S/C11H7BrF2N2/c12-10-2-1-3-11(16-10)15-9-5-7(13)4-8(14)6-9/h1-6H,(H,15,16). The fourth-order valence-electron chi connectivity index (χ4n) is 1.25. The van der Waals surface area contributed by atoms with Gasteiger partial charge in [0.05, 0.1) is 0 Å².